The zero-order valence-electron chi connectivity index (χ0n) is 2.28. The summed E-state index contributed by atoms with van der Waals surface area (Å²) < 4.78 is 0. The van der Waals surface area contributed by atoms with E-state index in [4.69, 9.17) is 0 Å². The van der Waals surface area contributed by atoms with Crippen molar-refractivity contribution in [3.63, 3.8) is 0 Å². The molecular weight excluding hydrogens is 184 g/mol. The van der Waals surface area contributed by atoms with E-state index >= 15 is 0 Å². The molecule has 0 heterocycles. The Balaban J connectivity index is -0.0000000200. The van der Waals surface area contributed by atoms with Crippen molar-refractivity contribution in [3.8, 4) is 0 Å². The van der Waals surface area contributed by atoms with Crippen molar-refractivity contribution in [1.29, 1.82) is 0 Å². The third-order valence-corrected chi connectivity index (χ3v) is 0. The first-order valence-corrected chi connectivity index (χ1v) is 3.35. The average Bonchev–Trinajstić information content (AvgIpc) is 0.918. The van der Waals surface area contributed by atoms with Gasteiger partial charge in [-0.2, -0.15) is 9.12 Å². The molecule has 0 bridgehead atoms. The molecule has 1 atom stereocenters. The molecule has 0 fully saturated rings. The zero-order chi connectivity index (χ0) is 2.71. The average molecular weight is 196 g/mol. The molecule has 0 rings (SSSR count). The van der Waals surface area contributed by atoms with Gasteiger partial charge in [0, 0.05) is 0 Å². The van der Waals surface area contributed by atoms with Gasteiger partial charge in [0.05, 0.1) is 0 Å². The Hall–Kier alpha value is 2.72. The van der Waals surface area contributed by atoms with Crippen molar-refractivity contribution in [2.24, 2.45) is 0 Å². The fourth-order valence-electron chi connectivity index (χ4n) is 0. The summed E-state index contributed by atoms with van der Waals surface area (Å²) in [5.41, 5.74) is 0. The van der Waals surface area contributed by atoms with Crippen molar-refractivity contribution in [2.45, 2.75) is 0 Å². The molecule has 0 aliphatic rings. The number of hydrogen-bond donors (Lipinski definition) is 0. The van der Waals surface area contributed by atoms with Crippen molar-refractivity contribution in [1.82, 2.24) is 0 Å². The van der Waals surface area contributed by atoms with Gasteiger partial charge >= 0.3 is 45.5 Å². The maximum absolute atomic E-state index is 2.64. The SMILES string of the molecule is [AlH3].[SiH3]BP.[SrH2]. The van der Waals surface area contributed by atoms with E-state index in [-0.39, 0.29) is 62.8 Å². The first-order chi connectivity index (χ1) is 1.41. The Kier molecular flexibility index (Phi) is 49.7. The first kappa shape index (κ1) is 15.6. The molecule has 0 aromatic carbocycles. The van der Waals surface area contributed by atoms with Gasteiger partial charge in [-0.25, -0.2) is 0 Å². The topological polar surface area (TPSA) is 0 Å². The minimum atomic E-state index is 0. The van der Waals surface area contributed by atoms with Crippen LogP contribution in [0.3, 0.4) is 0 Å². The van der Waals surface area contributed by atoms with Crippen LogP contribution in [0.4, 0.5) is 0 Å². The van der Waals surface area contributed by atoms with E-state index < -0.39 is 0 Å². The van der Waals surface area contributed by atoms with Gasteiger partial charge < -0.3 is 0 Å². The summed E-state index contributed by atoms with van der Waals surface area (Å²) in [6.07, 6.45) is 0. The Morgan fingerprint density at radius 3 is 1.60 bits per heavy atom. The second-order valence-corrected chi connectivity index (χ2v) is 3.67. The molecule has 0 saturated carbocycles. The molecule has 0 amide bonds. The van der Waals surface area contributed by atoms with Crippen molar-refractivity contribution in [2.75, 3.05) is 0 Å². The molecule has 1 unspecified atom stereocenters. The fourth-order valence-corrected chi connectivity index (χ4v) is 0. The third kappa shape index (κ3) is 20.2. The molecule has 0 saturated heterocycles. The summed E-state index contributed by atoms with van der Waals surface area (Å²) in [4.78, 5) is 0. The van der Waals surface area contributed by atoms with Gasteiger partial charge in [0.25, 0.3) is 0 Å². The van der Waals surface area contributed by atoms with Crippen LogP contribution in [0.2, 0.25) is 0 Å². The van der Waals surface area contributed by atoms with E-state index in [0.29, 0.717) is 0 Å². The van der Waals surface area contributed by atoms with Crippen molar-refractivity contribution in [3.05, 3.63) is 0 Å². The first-order valence-electron chi connectivity index (χ1n) is 1.12. The predicted octanol–water partition coefficient (Wildman–Crippen LogP) is -3.61. The third-order valence-electron chi connectivity index (χ3n) is 0. The van der Waals surface area contributed by atoms with E-state index in [1.54, 1.807) is 0 Å². The van der Waals surface area contributed by atoms with Gasteiger partial charge in [-0.05, 0) is 10.1 Å². The fraction of sp³-hybridized carbons (Fsp3) is 0. The molecule has 0 aliphatic heterocycles. The van der Waals surface area contributed by atoms with E-state index in [2.05, 4.69) is 9.12 Å². The summed E-state index contributed by atoms with van der Waals surface area (Å²) in [6.45, 7) is 1.31. The molecule has 0 aliphatic carbocycles. The molecular formula is H11AlBPSiSr. The Bertz CT molecular complexity index is 11.6. The van der Waals surface area contributed by atoms with Gasteiger partial charge in [-0.15, -0.1) is 0 Å². The van der Waals surface area contributed by atoms with E-state index in [1.807, 2.05) is 0 Å². The predicted molar refractivity (Wildman–Crippen MR) is 45.3 cm³/mol. The van der Waals surface area contributed by atoms with E-state index in [1.165, 1.54) is 16.7 Å². The molecule has 0 aromatic heterocycles. The van der Waals surface area contributed by atoms with Crippen LogP contribution in [0.25, 0.3) is 0 Å². The van der Waals surface area contributed by atoms with Crippen LogP contribution in [-0.4, -0.2) is 79.5 Å². The van der Waals surface area contributed by atoms with E-state index in [9.17, 15) is 0 Å². The summed E-state index contributed by atoms with van der Waals surface area (Å²) in [5, 5.41) is 0. The van der Waals surface area contributed by atoms with Gasteiger partial charge in [-0.3, -0.25) is 0 Å². The van der Waals surface area contributed by atoms with Gasteiger partial charge in [0.2, 0.25) is 0 Å². The van der Waals surface area contributed by atoms with Crippen LogP contribution in [-0.2, 0) is 0 Å². The molecule has 0 aromatic rings. The normalized spacial score (nSPS) is 3.40. The quantitative estimate of drug-likeness (QED) is 0.277. The molecule has 5 heteroatoms. The molecule has 0 spiro atoms. The Labute approximate surface area is 87.0 Å². The molecule has 5 heavy (non-hydrogen) atoms. The Morgan fingerprint density at radius 1 is 1.60 bits per heavy atom. The molecule has 0 N–H and O–H groups in total. The second-order valence-electron chi connectivity index (χ2n) is 0.408. The monoisotopic (exact) mass is 196 g/mol. The van der Waals surface area contributed by atoms with Crippen molar-refractivity contribution < 1.29 is 0 Å². The molecule has 0 nitrogen and oxygen atoms in total. The van der Waals surface area contributed by atoms with Gasteiger partial charge in [0.15, 0.2) is 17.4 Å². The van der Waals surface area contributed by atoms with Crippen LogP contribution in [0.1, 0.15) is 0 Å². The summed E-state index contributed by atoms with van der Waals surface area (Å²) >= 11 is 0. The zero-order valence-corrected chi connectivity index (χ0v) is 5.44. The summed E-state index contributed by atoms with van der Waals surface area (Å²) in [6, 6.07) is 0. The minimum absolute atomic E-state index is 0. The second kappa shape index (κ2) is 15.9. The standard InChI is InChI=1S/Al.BH6PSi.Sr.5H/c;2-1-3;;;;;;/h;1H,2H2,3H3;;;;;;. The molecule has 28 valence electrons. The maximum atomic E-state index is 2.64. The van der Waals surface area contributed by atoms with Gasteiger partial charge in [0.1, 0.15) is 6.59 Å². The number of rotatable bonds is 0. The number of hydrogen-bond acceptors (Lipinski definition) is 0. The van der Waals surface area contributed by atoms with Crippen LogP contribution >= 0.6 is 9.12 Å². The summed E-state index contributed by atoms with van der Waals surface area (Å²) in [7, 11) is 3.97. The van der Waals surface area contributed by atoms with Crippen LogP contribution in [0, 0.1) is 0 Å². The summed E-state index contributed by atoms with van der Waals surface area (Å²) in [5.74, 6) is 0. The van der Waals surface area contributed by atoms with Crippen molar-refractivity contribution >= 4 is 88.7 Å². The Morgan fingerprint density at radius 2 is 1.60 bits per heavy atom. The van der Waals surface area contributed by atoms with Crippen LogP contribution in [0.15, 0.2) is 0 Å². The van der Waals surface area contributed by atoms with Crippen LogP contribution < -0.4 is 0 Å². The van der Waals surface area contributed by atoms with E-state index in [0.717, 1.165) is 0 Å². The molecule has 0 radical (unpaired) electrons. The van der Waals surface area contributed by atoms with Gasteiger partial charge in [-0.1, -0.05) is 0 Å². The van der Waals surface area contributed by atoms with Crippen LogP contribution in [0.5, 0.6) is 0 Å².